The first-order valence-corrected chi connectivity index (χ1v) is 9.71. The van der Waals surface area contributed by atoms with Gasteiger partial charge >= 0.3 is 12.4 Å². The molecule has 0 aliphatic carbocycles. The van der Waals surface area contributed by atoms with E-state index >= 15 is 0 Å². The number of hydrogen-bond acceptors (Lipinski definition) is 3. The van der Waals surface area contributed by atoms with Gasteiger partial charge in [0.25, 0.3) is 5.91 Å². The second-order valence-corrected chi connectivity index (χ2v) is 7.79. The van der Waals surface area contributed by atoms with Crippen LogP contribution in [0.3, 0.4) is 0 Å². The van der Waals surface area contributed by atoms with Gasteiger partial charge in [0.1, 0.15) is 5.78 Å². The first-order chi connectivity index (χ1) is 14.8. The van der Waals surface area contributed by atoms with Crippen LogP contribution in [0.1, 0.15) is 46.0 Å². The number of ketones is 1. The average molecular weight is 480 g/mol. The molecule has 0 aromatic heterocycles. The minimum absolute atomic E-state index is 0.0729. The Hall–Kier alpha value is -2.59. The van der Waals surface area contributed by atoms with E-state index in [1.165, 1.54) is 24.3 Å². The van der Waals surface area contributed by atoms with Crippen molar-refractivity contribution in [2.45, 2.75) is 37.3 Å². The van der Waals surface area contributed by atoms with E-state index in [1.807, 2.05) is 0 Å². The third-order valence-electron chi connectivity index (χ3n) is 5.14. The van der Waals surface area contributed by atoms with Crippen LogP contribution in [-0.2, 0) is 17.1 Å². The van der Waals surface area contributed by atoms with Crippen molar-refractivity contribution in [2.24, 2.45) is 0 Å². The van der Waals surface area contributed by atoms with Gasteiger partial charge in [-0.2, -0.15) is 26.3 Å². The van der Waals surface area contributed by atoms with Gasteiger partial charge in [0, 0.05) is 30.0 Å². The SMILES string of the molecule is O=C1CCN(C(=O)c2cc(C(F)(F)F)cc(C(F)(F)F)c2)C(C(O)c2ccc(Cl)cc2)C1. The van der Waals surface area contributed by atoms with Crippen LogP contribution >= 0.6 is 11.6 Å². The molecule has 1 aliphatic heterocycles. The van der Waals surface area contributed by atoms with Gasteiger partial charge in [-0.25, -0.2) is 0 Å². The molecule has 0 bridgehead atoms. The fraction of sp³-hybridized carbons (Fsp3) is 0.333. The van der Waals surface area contributed by atoms with Crippen LogP contribution in [0.15, 0.2) is 42.5 Å². The van der Waals surface area contributed by atoms with Crippen molar-refractivity contribution in [1.82, 2.24) is 4.90 Å². The minimum Gasteiger partial charge on any atom is -0.386 e. The quantitative estimate of drug-likeness (QED) is 0.609. The van der Waals surface area contributed by atoms with Gasteiger partial charge in [-0.3, -0.25) is 9.59 Å². The summed E-state index contributed by atoms with van der Waals surface area (Å²) < 4.78 is 79.0. The number of carbonyl (C=O) groups is 2. The maximum atomic E-state index is 13.2. The highest BCUT2D eigenvalue weighted by Gasteiger charge is 2.40. The van der Waals surface area contributed by atoms with Crippen molar-refractivity contribution >= 4 is 23.3 Å². The Kier molecular flexibility index (Phi) is 6.57. The van der Waals surface area contributed by atoms with Gasteiger partial charge in [0.05, 0.1) is 23.3 Å². The molecule has 2 atom stereocenters. The molecule has 0 radical (unpaired) electrons. The Balaban J connectivity index is 2.01. The summed E-state index contributed by atoms with van der Waals surface area (Å²) in [5.41, 5.74) is -3.81. The molecule has 0 spiro atoms. The normalized spacial score (nSPS) is 18.6. The summed E-state index contributed by atoms with van der Waals surface area (Å²) in [6.07, 6.45) is -12.1. The predicted octanol–water partition coefficient (Wildman–Crippen LogP) is 5.28. The zero-order valence-electron chi connectivity index (χ0n) is 16.2. The number of rotatable bonds is 3. The molecule has 2 aromatic rings. The molecule has 32 heavy (non-hydrogen) atoms. The molecule has 172 valence electrons. The topological polar surface area (TPSA) is 57.6 Å². The van der Waals surface area contributed by atoms with E-state index in [4.69, 9.17) is 11.6 Å². The molecule has 1 fully saturated rings. The van der Waals surface area contributed by atoms with Gasteiger partial charge in [-0.05, 0) is 35.9 Å². The van der Waals surface area contributed by atoms with Crippen LogP contribution in [0, 0.1) is 0 Å². The maximum absolute atomic E-state index is 13.2. The van der Waals surface area contributed by atoms with E-state index in [0.29, 0.717) is 17.2 Å². The van der Waals surface area contributed by atoms with Crippen LogP contribution in [0.5, 0.6) is 0 Å². The second-order valence-electron chi connectivity index (χ2n) is 7.35. The van der Waals surface area contributed by atoms with E-state index in [1.54, 1.807) is 0 Å². The zero-order chi connectivity index (χ0) is 23.8. The molecule has 2 aromatic carbocycles. The molecule has 1 saturated heterocycles. The summed E-state index contributed by atoms with van der Waals surface area (Å²) in [5, 5.41) is 11.1. The number of piperidine rings is 1. The van der Waals surface area contributed by atoms with Crippen molar-refractivity contribution in [3.63, 3.8) is 0 Å². The Morgan fingerprint density at radius 2 is 1.53 bits per heavy atom. The fourth-order valence-electron chi connectivity index (χ4n) is 3.52. The number of carbonyl (C=O) groups excluding carboxylic acids is 2. The standard InChI is InChI=1S/C21H16ClF6NO3/c22-15-3-1-11(2-4-15)18(31)17-10-16(30)5-6-29(17)19(32)12-7-13(20(23,24)25)9-14(8-12)21(26,27)28/h1-4,7-9,17-18,31H,5-6,10H2. The lowest BCUT2D eigenvalue weighted by atomic mass is 9.91. The number of hydrogen-bond donors (Lipinski definition) is 1. The monoisotopic (exact) mass is 479 g/mol. The van der Waals surface area contributed by atoms with Crippen LogP contribution in [0.2, 0.25) is 5.02 Å². The van der Waals surface area contributed by atoms with Crippen molar-refractivity contribution < 1.29 is 41.0 Å². The number of amides is 1. The van der Waals surface area contributed by atoms with Crippen LogP contribution in [0.25, 0.3) is 0 Å². The summed E-state index contributed by atoms with van der Waals surface area (Å²) in [4.78, 5) is 25.9. The van der Waals surface area contributed by atoms with Crippen LogP contribution in [-0.4, -0.2) is 34.3 Å². The third kappa shape index (κ3) is 5.24. The first-order valence-electron chi connectivity index (χ1n) is 9.33. The minimum atomic E-state index is -5.11. The molecule has 1 N–H and O–H groups in total. The summed E-state index contributed by atoms with van der Waals surface area (Å²) in [7, 11) is 0. The van der Waals surface area contributed by atoms with E-state index in [-0.39, 0.29) is 36.8 Å². The highest BCUT2D eigenvalue weighted by molar-refractivity contribution is 6.30. The number of benzene rings is 2. The number of aliphatic hydroxyl groups is 1. The van der Waals surface area contributed by atoms with Crippen molar-refractivity contribution in [3.05, 3.63) is 69.7 Å². The first kappa shape index (κ1) is 24.1. The lowest BCUT2D eigenvalue weighted by Gasteiger charge is -2.38. The molecule has 3 rings (SSSR count). The summed E-state index contributed by atoms with van der Waals surface area (Å²) >= 11 is 5.80. The summed E-state index contributed by atoms with van der Waals surface area (Å²) in [5.74, 6) is -1.45. The highest BCUT2D eigenvalue weighted by atomic mass is 35.5. The number of aliphatic hydroxyl groups excluding tert-OH is 1. The van der Waals surface area contributed by atoms with Gasteiger partial charge in [-0.1, -0.05) is 23.7 Å². The molecule has 2 unspecified atom stereocenters. The zero-order valence-corrected chi connectivity index (χ0v) is 16.9. The molecule has 4 nitrogen and oxygen atoms in total. The number of alkyl halides is 6. The summed E-state index contributed by atoms with van der Waals surface area (Å²) in [6.45, 7) is -0.259. The number of likely N-dealkylation sites (tertiary alicyclic amines) is 1. The molecule has 0 saturated carbocycles. The van der Waals surface area contributed by atoms with E-state index < -0.39 is 47.1 Å². The molecule has 1 heterocycles. The smallest absolute Gasteiger partial charge is 0.386 e. The molecule has 11 heteroatoms. The van der Waals surface area contributed by atoms with Crippen LogP contribution < -0.4 is 0 Å². The largest absolute Gasteiger partial charge is 0.416 e. The Morgan fingerprint density at radius 1 is 1.00 bits per heavy atom. The molecule has 1 amide bonds. The summed E-state index contributed by atoms with van der Waals surface area (Å²) in [6, 6.07) is 5.23. The van der Waals surface area contributed by atoms with Crippen molar-refractivity contribution in [3.8, 4) is 0 Å². The molecular weight excluding hydrogens is 464 g/mol. The van der Waals surface area contributed by atoms with Gasteiger partial charge in [0.15, 0.2) is 0 Å². The maximum Gasteiger partial charge on any atom is 0.416 e. The highest BCUT2D eigenvalue weighted by Crippen LogP contribution is 2.37. The number of nitrogens with zero attached hydrogens (tertiary/aromatic N) is 1. The number of halogens is 7. The second kappa shape index (κ2) is 8.74. The van der Waals surface area contributed by atoms with Gasteiger partial charge in [0.2, 0.25) is 0 Å². The van der Waals surface area contributed by atoms with Crippen molar-refractivity contribution in [2.75, 3.05) is 6.54 Å². The number of Topliss-reactive ketones (excluding diaryl/α,β-unsaturated/α-hetero) is 1. The van der Waals surface area contributed by atoms with E-state index in [0.717, 1.165) is 4.90 Å². The van der Waals surface area contributed by atoms with Gasteiger partial charge < -0.3 is 10.0 Å². The average Bonchev–Trinajstić information content (AvgIpc) is 2.71. The lowest BCUT2D eigenvalue weighted by Crippen LogP contribution is -2.49. The fourth-order valence-corrected chi connectivity index (χ4v) is 3.64. The van der Waals surface area contributed by atoms with E-state index in [9.17, 15) is 41.0 Å². The van der Waals surface area contributed by atoms with Crippen molar-refractivity contribution in [1.29, 1.82) is 0 Å². The lowest BCUT2D eigenvalue weighted by molar-refractivity contribution is -0.143. The van der Waals surface area contributed by atoms with Crippen LogP contribution in [0.4, 0.5) is 26.3 Å². The predicted molar refractivity (Wildman–Crippen MR) is 102 cm³/mol. The Bertz CT molecular complexity index is 987. The molecule has 1 aliphatic rings. The third-order valence-corrected chi connectivity index (χ3v) is 5.39. The van der Waals surface area contributed by atoms with E-state index in [2.05, 4.69) is 0 Å². The Labute approximate surface area is 183 Å². The molecular formula is C21H16ClF6NO3. The Morgan fingerprint density at radius 3 is 2.03 bits per heavy atom. The van der Waals surface area contributed by atoms with Gasteiger partial charge in [-0.15, -0.1) is 0 Å².